The molecule has 2 aromatic rings. The van der Waals surface area contributed by atoms with Gasteiger partial charge in [-0.05, 0) is 25.1 Å². The topological polar surface area (TPSA) is 48.1 Å². The molecule has 94 valence electrons. The summed E-state index contributed by atoms with van der Waals surface area (Å²) in [6.07, 6.45) is 1.62. The molecule has 3 nitrogen and oxygen atoms in total. The number of methoxy groups -OCH3 is 1. The van der Waals surface area contributed by atoms with Crippen LogP contribution in [0.2, 0.25) is 0 Å². The lowest BCUT2D eigenvalue weighted by molar-refractivity contribution is 0.404. The van der Waals surface area contributed by atoms with Crippen LogP contribution in [-0.2, 0) is 0 Å². The van der Waals surface area contributed by atoms with Gasteiger partial charge in [0.15, 0.2) is 0 Å². The highest BCUT2D eigenvalue weighted by atomic mass is 19.1. The van der Waals surface area contributed by atoms with Gasteiger partial charge in [-0.1, -0.05) is 17.7 Å². The highest BCUT2D eigenvalue weighted by Crippen LogP contribution is 2.27. The van der Waals surface area contributed by atoms with Crippen molar-refractivity contribution in [2.24, 2.45) is 5.73 Å². The van der Waals surface area contributed by atoms with Gasteiger partial charge in [0.05, 0.1) is 13.2 Å². The van der Waals surface area contributed by atoms with E-state index in [2.05, 4.69) is 4.98 Å². The fraction of sp³-hybridized carbons (Fsp3) is 0.214. The molecule has 1 unspecified atom stereocenters. The summed E-state index contributed by atoms with van der Waals surface area (Å²) >= 11 is 0. The lowest BCUT2D eigenvalue weighted by atomic mass is 10.0. The van der Waals surface area contributed by atoms with Crippen LogP contribution in [0.3, 0.4) is 0 Å². The quantitative estimate of drug-likeness (QED) is 0.905. The molecular weight excluding hydrogens is 231 g/mol. The molecule has 1 aromatic carbocycles. The number of rotatable bonds is 3. The standard InChI is InChI=1S/C14H15FN2O/c1-9-5-6-11(15)10(8-9)13(16)14-12(18-2)4-3-7-17-14/h3-8,13H,16H2,1-2H3. The third-order valence-electron chi connectivity index (χ3n) is 2.80. The first-order valence-electron chi connectivity index (χ1n) is 5.64. The molecular formula is C14H15FN2O. The lowest BCUT2D eigenvalue weighted by Crippen LogP contribution is -2.16. The van der Waals surface area contributed by atoms with E-state index in [9.17, 15) is 4.39 Å². The van der Waals surface area contributed by atoms with Gasteiger partial charge in [0, 0.05) is 11.8 Å². The molecule has 0 aliphatic carbocycles. The number of hydrogen-bond acceptors (Lipinski definition) is 3. The van der Waals surface area contributed by atoms with Crippen molar-refractivity contribution in [1.29, 1.82) is 0 Å². The maximum absolute atomic E-state index is 13.8. The van der Waals surface area contributed by atoms with E-state index in [0.717, 1.165) is 5.56 Å². The van der Waals surface area contributed by atoms with Crippen molar-refractivity contribution in [2.75, 3.05) is 7.11 Å². The molecule has 2 N–H and O–H groups in total. The Bertz CT molecular complexity index is 557. The first-order valence-corrected chi connectivity index (χ1v) is 5.64. The van der Waals surface area contributed by atoms with E-state index in [0.29, 0.717) is 17.0 Å². The smallest absolute Gasteiger partial charge is 0.142 e. The van der Waals surface area contributed by atoms with Crippen molar-refractivity contribution in [1.82, 2.24) is 4.98 Å². The molecule has 0 spiro atoms. The van der Waals surface area contributed by atoms with E-state index in [1.165, 1.54) is 6.07 Å². The average Bonchev–Trinajstić information content (AvgIpc) is 2.40. The van der Waals surface area contributed by atoms with Crippen LogP contribution in [0.25, 0.3) is 0 Å². The molecule has 0 radical (unpaired) electrons. The highest BCUT2D eigenvalue weighted by molar-refractivity contribution is 5.38. The van der Waals surface area contributed by atoms with Gasteiger partial charge in [0.2, 0.25) is 0 Å². The summed E-state index contributed by atoms with van der Waals surface area (Å²) in [4.78, 5) is 4.18. The molecule has 2 rings (SSSR count). The Labute approximate surface area is 105 Å². The van der Waals surface area contributed by atoms with Gasteiger partial charge < -0.3 is 10.5 Å². The number of aryl methyl sites for hydroxylation is 1. The molecule has 4 heteroatoms. The molecule has 0 aliphatic rings. The Morgan fingerprint density at radius 3 is 2.83 bits per heavy atom. The summed E-state index contributed by atoms with van der Waals surface area (Å²) in [5, 5.41) is 0. The van der Waals surface area contributed by atoms with Crippen LogP contribution in [0.1, 0.15) is 22.9 Å². The number of pyridine rings is 1. The van der Waals surface area contributed by atoms with Crippen molar-refractivity contribution in [3.63, 3.8) is 0 Å². The maximum Gasteiger partial charge on any atom is 0.142 e. The van der Waals surface area contributed by atoms with E-state index >= 15 is 0 Å². The number of nitrogens with zero attached hydrogens (tertiary/aromatic N) is 1. The average molecular weight is 246 g/mol. The summed E-state index contributed by atoms with van der Waals surface area (Å²) in [6, 6.07) is 7.73. The fourth-order valence-corrected chi connectivity index (χ4v) is 1.86. The minimum atomic E-state index is -0.638. The normalized spacial score (nSPS) is 12.2. The van der Waals surface area contributed by atoms with Crippen LogP contribution in [-0.4, -0.2) is 12.1 Å². The molecule has 1 atom stereocenters. The van der Waals surface area contributed by atoms with E-state index in [1.54, 1.807) is 37.6 Å². The van der Waals surface area contributed by atoms with Crippen molar-refractivity contribution < 1.29 is 9.13 Å². The number of halogens is 1. The predicted octanol–water partition coefficient (Wildman–Crippen LogP) is 2.59. The Morgan fingerprint density at radius 1 is 1.33 bits per heavy atom. The van der Waals surface area contributed by atoms with Gasteiger partial charge in [-0.25, -0.2) is 4.39 Å². The molecule has 0 aliphatic heterocycles. The Kier molecular flexibility index (Phi) is 3.58. The zero-order chi connectivity index (χ0) is 13.1. The third-order valence-corrected chi connectivity index (χ3v) is 2.80. The van der Waals surface area contributed by atoms with Gasteiger partial charge >= 0.3 is 0 Å². The zero-order valence-electron chi connectivity index (χ0n) is 10.4. The van der Waals surface area contributed by atoms with Crippen LogP contribution < -0.4 is 10.5 Å². The molecule has 1 heterocycles. The fourth-order valence-electron chi connectivity index (χ4n) is 1.86. The number of aromatic nitrogens is 1. The molecule has 0 saturated heterocycles. The van der Waals surface area contributed by atoms with Gasteiger partial charge in [0.25, 0.3) is 0 Å². The van der Waals surface area contributed by atoms with E-state index in [4.69, 9.17) is 10.5 Å². The molecule has 0 bridgehead atoms. The Morgan fingerprint density at radius 2 is 2.11 bits per heavy atom. The summed E-state index contributed by atoms with van der Waals surface area (Å²) in [5.74, 6) is 0.228. The number of benzene rings is 1. The number of hydrogen-bond donors (Lipinski definition) is 1. The second-order valence-corrected chi connectivity index (χ2v) is 4.09. The minimum Gasteiger partial charge on any atom is -0.495 e. The van der Waals surface area contributed by atoms with Crippen LogP contribution in [0, 0.1) is 12.7 Å². The van der Waals surface area contributed by atoms with Crippen molar-refractivity contribution in [3.8, 4) is 5.75 Å². The zero-order valence-corrected chi connectivity index (χ0v) is 10.4. The summed E-state index contributed by atoms with van der Waals surface area (Å²) in [5.41, 5.74) is 7.99. The van der Waals surface area contributed by atoms with Crippen LogP contribution >= 0.6 is 0 Å². The monoisotopic (exact) mass is 246 g/mol. The third kappa shape index (κ3) is 2.33. The molecule has 1 aromatic heterocycles. The van der Waals surface area contributed by atoms with Crippen LogP contribution in [0.4, 0.5) is 4.39 Å². The van der Waals surface area contributed by atoms with E-state index in [1.807, 2.05) is 6.92 Å². The largest absolute Gasteiger partial charge is 0.495 e. The van der Waals surface area contributed by atoms with E-state index < -0.39 is 6.04 Å². The Hall–Kier alpha value is -1.94. The second-order valence-electron chi connectivity index (χ2n) is 4.09. The molecule has 0 fully saturated rings. The summed E-state index contributed by atoms with van der Waals surface area (Å²) < 4.78 is 19.0. The van der Waals surface area contributed by atoms with E-state index in [-0.39, 0.29) is 5.82 Å². The summed E-state index contributed by atoms with van der Waals surface area (Å²) in [6.45, 7) is 1.89. The number of ether oxygens (including phenoxy) is 1. The van der Waals surface area contributed by atoms with Crippen molar-refractivity contribution in [2.45, 2.75) is 13.0 Å². The molecule has 0 saturated carbocycles. The van der Waals surface area contributed by atoms with Gasteiger partial charge in [-0.2, -0.15) is 0 Å². The summed E-state index contributed by atoms with van der Waals surface area (Å²) in [7, 11) is 1.54. The van der Waals surface area contributed by atoms with Crippen molar-refractivity contribution >= 4 is 0 Å². The highest BCUT2D eigenvalue weighted by Gasteiger charge is 2.18. The molecule has 18 heavy (non-hydrogen) atoms. The Balaban J connectivity index is 2.47. The predicted molar refractivity (Wildman–Crippen MR) is 68.0 cm³/mol. The van der Waals surface area contributed by atoms with Crippen molar-refractivity contribution in [3.05, 3.63) is 59.2 Å². The lowest BCUT2D eigenvalue weighted by Gasteiger charge is -2.15. The van der Waals surface area contributed by atoms with Gasteiger partial charge in [-0.15, -0.1) is 0 Å². The number of nitrogens with two attached hydrogens (primary N) is 1. The second kappa shape index (κ2) is 5.14. The maximum atomic E-state index is 13.8. The first-order chi connectivity index (χ1) is 8.63. The van der Waals surface area contributed by atoms with Gasteiger partial charge in [0.1, 0.15) is 17.3 Å². The van der Waals surface area contributed by atoms with Crippen LogP contribution in [0.15, 0.2) is 36.5 Å². The SMILES string of the molecule is COc1cccnc1C(N)c1cc(C)ccc1F. The molecule has 0 amide bonds. The van der Waals surface area contributed by atoms with Crippen LogP contribution in [0.5, 0.6) is 5.75 Å². The van der Waals surface area contributed by atoms with Gasteiger partial charge in [-0.3, -0.25) is 4.98 Å². The minimum absolute atomic E-state index is 0.333. The first kappa shape index (κ1) is 12.5.